The number of rotatable bonds is 3. The molecule has 2 heterocycles. The summed E-state index contributed by atoms with van der Waals surface area (Å²) in [5.74, 6) is 2.64. The van der Waals surface area contributed by atoms with Crippen molar-refractivity contribution in [3.63, 3.8) is 0 Å². The molecule has 6 rings (SSSR count). The van der Waals surface area contributed by atoms with Crippen molar-refractivity contribution in [3.05, 3.63) is 77.0 Å². The molecular weight excluding hydrogens is 486 g/mol. The van der Waals surface area contributed by atoms with Gasteiger partial charge in [-0.2, -0.15) is 0 Å². The maximum atomic E-state index is 7.13. The van der Waals surface area contributed by atoms with Crippen LogP contribution < -0.4 is 9.30 Å². The predicted molar refractivity (Wildman–Crippen MR) is 171 cm³/mol. The number of aryl methyl sites for hydroxylation is 2. The highest BCUT2D eigenvalue weighted by molar-refractivity contribution is 6.17. The van der Waals surface area contributed by atoms with Crippen molar-refractivity contribution >= 4 is 32.3 Å². The lowest BCUT2D eigenvalue weighted by molar-refractivity contribution is -0.659. The van der Waals surface area contributed by atoms with Crippen molar-refractivity contribution < 1.29 is 9.30 Å². The van der Waals surface area contributed by atoms with E-state index in [0.29, 0.717) is 5.92 Å². The fraction of sp³-hybridized carbons (Fsp3) is 0.395. The third-order valence-electron chi connectivity index (χ3n) is 8.54. The second kappa shape index (κ2) is 9.06. The van der Waals surface area contributed by atoms with Crippen LogP contribution in [0.5, 0.6) is 11.5 Å². The van der Waals surface area contributed by atoms with Gasteiger partial charge in [-0.25, -0.2) is 4.57 Å². The maximum Gasteiger partial charge on any atom is 0.228 e. The van der Waals surface area contributed by atoms with Crippen molar-refractivity contribution in [1.29, 1.82) is 0 Å². The summed E-state index contributed by atoms with van der Waals surface area (Å²) in [5, 5.41) is 7.76. The zero-order chi connectivity index (χ0) is 28.7. The summed E-state index contributed by atoms with van der Waals surface area (Å²) in [7, 11) is 2.19. The fourth-order valence-corrected chi connectivity index (χ4v) is 6.87. The Hall–Kier alpha value is -3.39. The summed E-state index contributed by atoms with van der Waals surface area (Å²) in [6.45, 7) is 20.8. The lowest BCUT2D eigenvalue weighted by Gasteiger charge is -2.29. The van der Waals surface area contributed by atoms with Crippen LogP contribution in [0.4, 0.5) is 0 Å². The van der Waals surface area contributed by atoms with Crippen LogP contribution in [-0.2, 0) is 25.3 Å². The summed E-state index contributed by atoms with van der Waals surface area (Å²) < 4.78 is 9.44. The van der Waals surface area contributed by atoms with Crippen molar-refractivity contribution in [1.82, 2.24) is 0 Å². The van der Waals surface area contributed by atoms with E-state index in [1.165, 1.54) is 65.8 Å². The highest BCUT2D eigenvalue weighted by atomic mass is 16.5. The molecule has 0 bridgehead atoms. The number of nitrogens with zero attached hydrogens (tertiary/aromatic N) is 1. The number of hydrogen-bond donors (Lipinski definition) is 0. The fourth-order valence-electron chi connectivity index (χ4n) is 6.87. The standard InChI is InChI=1S/C38H44NO/c1-22(2)18-24-14-15-26-28(19-24)23(3)33-35-34-27(16-17-39(35)10)25-12-11-13-31(38(7,8)9)29(25)20-32(34)40-36(33)30(26)21-37(4,5)6/h11-17,19-20,22H,18,21H2,1-10H3/q+1. The van der Waals surface area contributed by atoms with Crippen molar-refractivity contribution in [2.24, 2.45) is 18.4 Å². The molecule has 0 saturated carbocycles. The predicted octanol–water partition coefficient (Wildman–Crippen LogP) is 10.1. The summed E-state index contributed by atoms with van der Waals surface area (Å²) in [6, 6.07) is 18.5. The third-order valence-corrected chi connectivity index (χ3v) is 8.54. The Kier molecular flexibility index (Phi) is 6.07. The first-order valence-electron chi connectivity index (χ1n) is 14.9. The highest BCUT2D eigenvalue weighted by Crippen LogP contribution is 2.53. The van der Waals surface area contributed by atoms with Gasteiger partial charge in [0.25, 0.3) is 0 Å². The molecule has 0 N–H and O–H groups in total. The first-order chi connectivity index (χ1) is 18.7. The average molecular weight is 531 g/mol. The first-order valence-corrected chi connectivity index (χ1v) is 14.9. The lowest BCUT2D eigenvalue weighted by Crippen LogP contribution is -2.32. The zero-order valence-corrected chi connectivity index (χ0v) is 26.0. The molecule has 5 aromatic rings. The van der Waals surface area contributed by atoms with Gasteiger partial charge in [-0.15, -0.1) is 0 Å². The quantitative estimate of drug-likeness (QED) is 0.164. The average Bonchev–Trinajstić information content (AvgIpc) is 2.85. The van der Waals surface area contributed by atoms with Gasteiger partial charge in [-0.3, -0.25) is 0 Å². The number of ether oxygens (including phenoxy) is 1. The van der Waals surface area contributed by atoms with Gasteiger partial charge < -0.3 is 4.74 Å². The Morgan fingerprint density at radius 2 is 1.57 bits per heavy atom. The van der Waals surface area contributed by atoms with Crippen LogP contribution in [0.2, 0.25) is 0 Å². The molecule has 0 aliphatic carbocycles. The van der Waals surface area contributed by atoms with E-state index in [-0.39, 0.29) is 10.8 Å². The molecule has 1 aliphatic heterocycles. The molecule has 2 heteroatoms. The molecule has 0 fully saturated rings. The summed E-state index contributed by atoms with van der Waals surface area (Å²) in [6.07, 6.45) is 4.28. The number of fused-ring (bicyclic) bond motifs is 5. The molecule has 0 atom stereocenters. The largest absolute Gasteiger partial charge is 0.455 e. The molecule has 4 aromatic carbocycles. The summed E-state index contributed by atoms with van der Waals surface area (Å²) in [4.78, 5) is 0. The molecule has 206 valence electrons. The molecule has 1 aromatic heterocycles. The molecule has 2 nitrogen and oxygen atoms in total. The van der Waals surface area contributed by atoms with Crippen molar-refractivity contribution in [2.75, 3.05) is 0 Å². The van der Waals surface area contributed by atoms with Crippen LogP contribution in [0.25, 0.3) is 43.6 Å². The van der Waals surface area contributed by atoms with Gasteiger partial charge in [0.15, 0.2) is 6.20 Å². The molecule has 0 saturated heterocycles. The van der Waals surface area contributed by atoms with Gasteiger partial charge in [0.2, 0.25) is 5.69 Å². The Balaban J connectivity index is 1.77. The molecule has 0 radical (unpaired) electrons. The smallest absolute Gasteiger partial charge is 0.228 e. The van der Waals surface area contributed by atoms with Crippen LogP contribution in [0.15, 0.2) is 54.7 Å². The van der Waals surface area contributed by atoms with Gasteiger partial charge in [-0.1, -0.05) is 91.8 Å². The topological polar surface area (TPSA) is 13.1 Å². The van der Waals surface area contributed by atoms with Crippen LogP contribution in [0, 0.1) is 18.3 Å². The molecule has 0 amide bonds. The first kappa shape index (κ1) is 26.8. The van der Waals surface area contributed by atoms with Gasteiger partial charge in [-0.05, 0) is 80.8 Å². The Morgan fingerprint density at radius 1 is 0.825 bits per heavy atom. The van der Waals surface area contributed by atoms with Gasteiger partial charge in [0, 0.05) is 17.0 Å². The zero-order valence-electron chi connectivity index (χ0n) is 26.0. The van der Waals surface area contributed by atoms with E-state index in [1.54, 1.807) is 0 Å². The normalized spacial score (nSPS) is 13.4. The molecule has 0 unspecified atom stereocenters. The molecule has 0 spiro atoms. The monoisotopic (exact) mass is 530 g/mol. The summed E-state index contributed by atoms with van der Waals surface area (Å²) in [5.41, 5.74) is 8.07. The van der Waals surface area contributed by atoms with Gasteiger partial charge in [0.1, 0.15) is 18.5 Å². The van der Waals surface area contributed by atoms with E-state index in [2.05, 4.69) is 129 Å². The maximum absolute atomic E-state index is 7.13. The number of aromatic nitrogens is 1. The van der Waals surface area contributed by atoms with Gasteiger partial charge >= 0.3 is 0 Å². The van der Waals surface area contributed by atoms with Crippen LogP contribution in [-0.4, -0.2) is 0 Å². The number of benzene rings is 4. The van der Waals surface area contributed by atoms with E-state index in [0.717, 1.165) is 24.3 Å². The van der Waals surface area contributed by atoms with E-state index in [1.807, 2.05) is 0 Å². The van der Waals surface area contributed by atoms with Crippen LogP contribution >= 0.6 is 0 Å². The summed E-state index contributed by atoms with van der Waals surface area (Å²) >= 11 is 0. The lowest BCUT2D eigenvalue weighted by atomic mass is 9.80. The number of pyridine rings is 1. The van der Waals surface area contributed by atoms with Crippen LogP contribution in [0.1, 0.15) is 77.6 Å². The second-order valence-corrected chi connectivity index (χ2v) is 14.7. The minimum absolute atomic E-state index is 0.0344. The van der Waals surface area contributed by atoms with E-state index in [4.69, 9.17) is 4.74 Å². The van der Waals surface area contributed by atoms with E-state index in [9.17, 15) is 0 Å². The highest BCUT2D eigenvalue weighted by Gasteiger charge is 2.35. The Morgan fingerprint density at radius 3 is 2.25 bits per heavy atom. The van der Waals surface area contributed by atoms with Crippen LogP contribution in [0.3, 0.4) is 0 Å². The molecular formula is C38H44NO+. The minimum atomic E-state index is 0.0344. The van der Waals surface area contributed by atoms with Crippen molar-refractivity contribution in [2.45, 2.75) is 80.6 Å². The minimum Gasteiger partial charge on any atom is -0.455 e. The Bertz CT molecular complexity index is 1830. The molecule has 40 heavy (non-hydrogen) atoms. The number of hydrogen-bond acceptors (Lipinski definition) is 1. The van der Waals surface area contributed by atoms with Gasteiger partial charge in [0.05, 0.1) is 10.9 Å². The third kappa shape index (κ3) is 4.28. The Labute approximate surface area is 240 Å². The second-order valence-electron chi connectivity index (χ2n) is 14.7. The SMILES string of the molecule is Cc1c2c(c(CC(C)(C)C)c3ccc(CC(C)C)cc13)Oc1cc3c(C(C)(C)C)cccc3c3cc[n+](C)c-2c13. The van der Waals surface area contributed by atoms with E-state index >= 15 is 0 Å². The molecule has 1 aliphatic rings. The van der Waals surface area contributed by atoms with Crippen molar-refractivity contribution in [3.8, 4) is 22.8 Å². The van der Waals surface area contributed by atoms with E-state index < -0.39 is 0 Å².